The van der Waals surface area contributed by atoms with E-state index >= 15 is 0 Å². The number of methoxy groups -OCH3 is 1. The second kappa shape index (κ2) is 6.27. The van der Waals surface area contributed by atoms with Gasteiger partial charge in [-0.15, -0.1) is 0 Å². The summed E-state index contributed by atoms with van der Waals surface area (Å²) in [6, 6.07) is 7.71. The fourth-order valence-electron chi connectivity index (χ4n) is 2.90. The van der Waals surface area contributed by atoms with Gasteiger partial charge in [-0.25, -0.2) is 0 Å². The van der Waals surface area contributed by atoms with Crippen molar-refractivity contribution in [2.24, 2.45) is 11.7 Å². The SMILES string of the molecule is COc1ccccc1C1C(N)CCC(=O)N1CC(C)C. The number of hydrogen-bond acceptors (Lipinski definition) is 3. The van der Waals surface area contributed by atoms with E-state index < -0.39 is 0 Å². The third kappa shape index (κ3) is 2.96. The predicted molar refractivity (Wildman–Crippen MR) is 79.5 cm³/mol. The Morgan fingerprint density at radius 1 is 1.40 bits per heavy atom. The van der Waals surface area contributed by atoms with Crippen LogP contribution in [0.4, 0.5) is 0 Å². The van der Waals surface area contributed by atoms with Crippen molar-refractivity contribution < 1.29 is 9.53 Å². The van der Waals surface area contributed by atoms with E-state index in [0.717, 1.165) is 24.3 Å². The van der Waals surface area contributed by atoms with E-state index in [4.69, 9.17) is 10.5 Å². The van der Waals surface area contributed by atoms with Crippen molar-refractivity contribution >= 4 is 5.91 Å². The van der Waals surface area contributed by atoms with Crippen LogP contribution in [0.1, 0.15) is 38.3 Å². The lowest BCUT2D eigenvalue weighted by molar-refractivity contribution is -0.138. The normalized spacial score (nSPS) is 23.2. The fourth-order valence-corrected chi connectivity index (χ4v) is 2.90. The molecule has 4 nitrogen and oxygen atoms in total. The number of carbonyl (C=O) groups is 1. The minimum absolute atomic E-state index is 0.0391. The second-order valence-electron chi connectivity index (χ2n) is 5.83. The molecule has 0 bridgehead atoms. The fraction of sp³-hybridized carbons (Fsp3) is 0.562. The summed E-state index contributed by atoms with van der Waals surface area (Å²) in [5.74, 6) is 1.41. The quantitative estimate of drug-likeness (QED) is 0.918. The van der Waals surface area contributed by atoms with Gasteiger partial charge in [-0.05, 0) is 18.4 Å². The highest BCUT2D eigenvalue weighted by molar-refractivity contribution is 5.78. The molecule has 1 aromatic carbocycles. The van der Waals surface area contributed by atoms with Crippen LogP contribution >= 0.6 is 0 Å². The van der Waals surface area contributed by atoms with Gasteiger partial charge in [0.2, 0.25) is 5.91 Å². The van der Waals surface area contributed by atoms with E-state index in [-0.39, 0.29) is 18.0 Å². The molecule has 2 unspecified atom stereocenters. The Labute approximate surface area is 120 Å². The lowest BCUT2D eigenvalue weighted by Gasteiger charge is -2.41. The minimum Gasteiger partial charge on any atom is -0.496 e. The molecular weight excluding hydrogens is 252 g/mol. The first-order chi connectivity index (χ1) is 9.54. The van der Waals surface area contributed by atoms with E-state index in [2.05, 4.69) is 13.8 Å². The Morgan fingerprint density at radius 3 is 2.75 bits per heavy atom. The minimum atomic E-state index is -0.0881. The zero-order chi connectivity index (χ0) is 14.7. The molecule has 2 rings (SSSR count). The van der Waals surface area contributed by atoms with E-state index in [9.17, 15) is 4.79 Å². The first-order valence-electron chi connectivity index (χ1n) is 7.22. The van der Waals surface area contributed by atoms with Gasteiger partial charge in [0.25, 0.3) is 0 Å². The predicted octanol–water partition coefficient (Wildman–Crippen LogP) is 2.34. The van der Waals surface area contributed by atoms with Gasteiger partial charge in [0, 0.05) is 24.6 Å². The number of benzene rings is 1. The van der Waals surface area contributed by atoms with Crippen LogP contribution in [0.3, 0.4) is 0 Å². The number of rotatable bonds is 4. The van der Waals surface area contributed by atoms with Gasteiger partial charge in [-0.2, -0.15) is 0 Å². The first kappa shape index (κ1) is 14.9. The van der Waals surface area contributed by atoms with Gasteiger partial charge in [0.05, 0.1) is 13.2 Å². The van der Waals surface area contributed by atoms with Crippen molar-refractivity contribution in [3.8, 4) is 5.75 Å². The van der Waals surface area contributed by atoms with E-state index in [1.807, 2.05) is 29.2 Å². The summed E-state index contributed by atoms with van der Waals surface area (Å²) in [5, 5.41) is 0. The van der Waals surface area contributed by atoms with Crippen molar-refractivity contribution in [3.05, 3.63) is 29.8 Å². The summed E-state index contributed by atoms with van der Waals surface area (Å²) in [6.07, 6.45) is 1.27. The molecule has 0 spiro atoms. The number of ether oxygens (including phenoxy) is 1. The van der Waals surface area contributed by atoms with E-state index in [1.54, 1.807) is 7.11 Å². The average Bonchev–Trinajstić information content (AvgIpc) is 2.43. The van der Waals surface area contributed by atoms with Crippen molar-refractivity contribution in [3.63, 3.8) is 0 Å². The van der Waals surface area contributed by atoms with Gasteiger partial charge in [-0.3, -0.25) is 4.79 Å². The van der Waals surface area contributed by atoms with Gasteiger partial charge < -0.3 is 15.4 Å². The molecule has 1 fully saturated rings. The topological polar surface area (TPSA) is 55.6 Å². The molecule has 1 amide bonds. The monoisotopic (exact) mass is 276 g/mol. The van der Waals surface area contributed by atoms with Gasteiger partial charge in [0.15, 0.2) is 0 Å². The van der Waals surface area contributed by atoms with Crippen LogP contribution in [0.5, 0.6) is 5.75 Å². The highest BCUT2D eigenvalue weighted by Gasteiger charge is 2.36. The summed E-state index contributed by atoms with van der Waals surface area (Å²) >= 11 is 0. The highest BCUT2D eigenvalue weighted by Crippen LogP contribution is 2.36. The summed E-state index contributed by atoms with van der Waals surface area (Å²) in [5.41, 5.74) is 7.32. The highest BCUT2D eigenvalue weighted by atomic mass is 16.5. The summed E-state index contributed by atoms with van der Waals surface area (Å²) in [4.78, 5) is 14.2. The largest absolute Gasteiger partial charge is 0.496 e. The number of carbonyl (C=O) groups excluding carboxylic acids is 1. The molecule has 1 saturated heterocycles. The number of piperidine rings is 1. The Bertz CT molecular complexity index is 473. The van der Waals surface area contributed by atoms with Crippen LogP contribution < -0.4 is 10.5 Å². The zero-order valence-electron chi connectivity index (χ0n) is 12.5. The Balaban J connectivity index is 2.39. The molecule has 1 heterocycles. The van der Waals surface area contributed by atoms with Crippen molar-refractivity contribution in [1.82, 2.24) is 4.90 Å². The molecule has 0 saturated carbocycles. The van der Waals surface area contributed by atoms with Crippen molar-refractivity contribution in [2.45, 2.75) is 38.8 Å². The third-order valence-corrected chi connectivity index (χ3v) is 3.77. The number of para-hydroxylation sites is 1. The van der Waals surface area contributed by atoms with Crippen LogP contribution in [0.15, 0.2) is 24.3 Å². The molecule has 0 aromatic heterocycles. The van der Waals surface area contributed by atoms with Crippen molar-refractivity contribution in [1.29, 1.82) is 0 Å². The lowest BCUT2D eigenvalue weighted by atomic mass is 9.89. The molecule has 0 radical (unpaired) electrons. The van der Waals surface area contributed by atoms with Crippen LogP contribution in [-0.2, 0) is 4.79 Å². The average molecular weight is 276 g/mol. The molecule has 0 aliphatic carbocycles. The third-order valence-electron chi connectivity index (χ3n) is 3.77. The van der Waals surface area contributed by atoms with Crippen LogP contribution in [0, 0.1) is 5.92 Å². The number of amides is 1. The van der Waals surface area contributed by atoms with E-state index in [1.165, 1.54) is 0 Å². The number of hydrogen-bond donors (Lipinski definition) is 1. The Kier molecular flexibility index (Phi) is 4.65. The maximum Gasteiger partial charge on any atom is 0.223 e. The number of nitrogens with two attached hydrogens (primary N) is 1. The molecule has 110 valence electrons. The zero-order valence-corrected chi connectivity index (χ0v) is 12.5. The molecule has 1 aliphatic heterocycles. The van der Waals surface area contributed by atoms with Gasteiger partial charge in [0.1, 0.15) is 5.75 Å². The molecule has 20 heavy (non-hydrogen) atoms. The van der Waals surface area contributed by atoms with Gasteiger partial charge in [-0.1, -0.05) is 32.0 Å². The molecule has 2 atom stereocenters. The second-order valence-corrected chi connectivity index (χ2v) is 5.83. The molecule has 1 aliphatic rings. The Morgan fingerprint density at radius 2 is 2.10 bits per heavy atom. The summed E-state index contributed by atoms with van der Waals surface area (Å²) in [6.45, 7) is 4.97. The summed E-state index contributed by atoms with van der Waals surface area (Å²) < 4.78 is 5.44. The summed E-state index contributed by atoms with van der Waals surface area (Å²) in [7, 11) is 1.65. The Hall–Kier alpha value is -1.55. The number of likely N-dealkylation sites (tertiary alicyclic amines) is 1. The maximum absolute atomic E-state index is 12.3. The lowest BCUT2D eigenvalue weighted by Crippen LogP contribution is -2.50. The van der Waals surface area contributed by atoms with Crippen molar-refractivity contribution in [2.75, 3.05) is 13.7 Å². The maximum atomic E-state index is 12.3. The molecular formula is C16H24N2O2. The van der Waals surface area contributed by atoms with Crippen LogP contribution in [0.2, 0.25) is 0 Å². The number of nitrogens with zero attached hydrogens (tertiary/aromatic N) is 1. The molecule has 1 aromatic rings. The molecule has 2 N–H and O–H groups in total. The smallest absolute Gasteiger partial charge is 0.223 e. The van der Waals surface area contributed by atoms with Gasteiger partial charge >= 0.3 is 0 Å². The molecule has 4 heteroatoms. The first-order valence-corrected chi connectivity index (χ1v) is 7.22. The standard InChI is InChI=1S/C16H24N2O2/c1-11(2)10-18-15(19)9-8-13(17)16(18)12-6-4-5-7-14(12)20-3/h4-7,11,13,16H,8-10,17H2,1-3H3. The van der Waals surface area contributed by atoms with Crippen LogP contribution in [0.25, 0.3) is 0 Å². The van der Waals surface area contributed by atoms with E-state index in [0.29, 0.717) is 12.3 Å². The van der Waals surface area contributed by atoms with Crippen LogP contribution in [-0.4, -0.2) is 30.5 Å².